The topological polar surface area (TPSA) is 41.4 Å². The van der Waals surface area contributed by atoms with Crippen molar-refractivity contribution in [2.24, 2.45) is 7.05 Å². The molecule has 0 atom stereocenters. The van der Waals surface area contributed by atoms with Crippen LogP contribution in [0.15, 0.2) is 85.2 Å². The maximum atomic E-state index is 13.1. The summed E-state index contributed by atoms with van der Waals surface area (Å²) in [7, 11) is 1.96. The highest BCUT2D eigenvalue weighted by Crippen LogP contribution is 2.29. The lowest BCUT2D eigenvalue weighted by atomic mass is 9.96. The van der Waals surface area contributed by atoms with Crippen LogP contribution in [0.1, 0.15) is 27.5 Å². The molecule has 1 aliphatic rings. The molecule has 0 spiro atoms. The van der Waals surface area contributed by atoms with Crippen molar-refractivity contribution in [2.45, 2.75) is 6.04 Å². The zero-order valence-corrected chi connectivity index (χ0v) is 17.7. The van der Waals surface area contributed by atoms with Gasteiger partial charge in [0.15, 0.2) is 0 Å². The zero-order valence-electron chi connectivity index (χ0n) is 17.7. The van der Waals surface area contributed by atoms with Crippen molar-refractivity contribution in [1.29, 1.82) is 0 Å². The Morgan fingerprint density at radius 2 is 1.45 bits per heavy atom. The lowest BCUT2D eigenvalue weighted by Crippen LogP contribution is -2.49. The first-order valence-electron chi connectivity index (χ1n) is 10.7. The van der Waals surface area contributed by atoms with E-state index in [1.807, 2.05) is 34.7 Å². The van der Waals surface area contributed by atoms with Crippen molar-refractivity contribution in [3.8, 4) is 0 Å². The van der Waals surface area contributed by atoms with Gasteiger partial charge in [0.1, 0.15) is 0 Å². The number of hydrogen-bond acceptors (Lipinski definition) is 3. The molecule has 0 bridgehead atoms. The van der Waals surface area contributed by atoms with Gasteiger partial charge in [-0.3, -0.25) is 9.69 Å². The Kier molecular flexibility index (Phi) is 5.26. The van der Waals surface area contributed by atoms with Gasteiger partial charge in [-0.2, -0.15) is 0 Å². The molecular formula is C26H26N4O. The first-order valence-corrected chi connectivity index (χ1v) is 10.7. The lowest BCUT2D eigenvalue weighted by Gasteiger charge is -2.39. The van der Waals surface area contributed by atoms with Gasteiger partial charge in [0.2, 0.25) is 0 Å². The molecule has 1 aromatic heterocycles. The molecule has 2 heterocycles. The van der Waals surface area contributed by atoms with Crippen molar-refractivity contribution in [3.05, 3.63) is 102 Å². The van der Waals surface area contributed by atoms with Gasteiger partial charge in [-0.1, -0.05) is 60.7 Å². The molecule has 1 amide bonds. The van der Waals surface area contributed by atoms with Crippen LogP contribution in [-0.4, -0.2) is 51.4 Å². The normalized spacial score (nSPS) is 15.0. The fourth-order valence-electron chi connectivity index (χ4n) is 4.52. The largest absolute Gasteiger partial charge is 0.336 e. The van der Waals surface area contributed by atoms with Crippen molar-refractivity contribution < 1.29 is 4.79 Å². The van der Waals surface area contributed by atoms with Gasteiger partial charge in [-0.15, -0.1) is 0 Å². The quantitative estimate of drug-likeness (QED) is 0.508. The van der Waals surface area contributed by atoms with E-state index in [1.165, 1.54) is 11.1 Å². The summed E-state index contributed by atoms with van der Waals surface area (Å²) in [5, 5.41) is 0. The van der Waals surface area contributed by atoms with Gasteiger partial charge in [-0.25, -0.2) is 4.98 Å². The van der Waals surface area contributed by atoms with Gasteiger partial charge < -0.3 is 9.47 Å². The third kappa shape index (κ3) is 3.84. The second kappa shape index (κ2) is 8.36. The minimum Gasteiger partial charge on any atom is -0.336 e. The maximum Gasteiger partial charge on any atom is 0.254 e. The molecule has 156 valence electrons. The number of hydrogen-bond donors (Lipinski definition) is 0. The van der Waals surface area contributed by atoms with Crippen molar-refractivity contribution >= 4 is 16.9 Å². The summed E-state index contributed by atoms with van der Waals surface area (Å²) in [5.74, 6) is 0.0863. The molecule has 0 aliphatic carbocycles. The van der Waals surface area contributed by atoms with Crippen LogP contribution in [-0.2, 0) is 7.05 Å². The minimum atomic E-state index is 0.0863. The van der Waals surface area contributed by atoms with Crippen LogP contribution in [0.3, 0.4) is 0 Å². The Bertz CT molecular complexity index is 1140. The van der Waals surface area contributed by atoms with Crippen LogP contribution >= 0.6 is 0 Å². The number of piperazine rings is 1. The Balaban J connectivity index is 1.33. The van der Waals surface area contributed by atoms with Crippen LogP contribution in [0.5, 0.6) is 0 Å². The minimum absolute atomic E-state index is 0.0863. The van der Waals surface area contributed by atoms with Gasteiger partial charge in [0.25, 0.3) is 5.91 Å². The third-order valence-electron chi connectivity index (χ3n) is 6.17. The van der Waals surface area contributed by atoms with Gasteiger partial charge in [0, 0.05) is 38.8 Å². The van der Waals surface area contributed by atoms with Crippen molar-refractivity contribution in [1.82, 2.24) is 19.4 Å². The molecular weight excluding hydrogens is 384 g/mol. The van der Waals surface area contributed by atoms with Gasteiger partial charge in [0.05, 0.1) is 23.4 Å². The molecule has 1 fully saturated rings. The number of fused-ring (bicyclic) bond motifs is 1. The number of nitrogens with zero attached hydrogens (tertiary/aromatic N) is 4. The second-order valence-electron chi connectivity index (χ2n) is 8.11. The number of aromatic nitrogens is 2. The fraction of sp³-hybridized carbons (Fsp3) is 0.231. The number of rotatable bonds is 4. The Labute approximate surface area is 182 Å². The van der Waals surface area contributed by atoms with E-state index < -0.39 is 0 Å². The number of carbonyl (C=O) groups excluding carboxylic acids is 1. The summed E-state index contributed by atoms with van der Waals surface area (Å²) in [6.45, 7) is 3.11. The molecule has 3 aromatic carbocycles. The predicted octanol–water partition coefficient (Wildman–Crippen LogP) is 4.12. The van der Waals surface area contributed by atoms with E-state index in [1.54, 1.807) is 6.33 Å². The number of aryl methyl sites for hydroxylation is 1. The molecule has 5 nitrogen and oxygen atoms in total. The fourth-order valence-corrected chi connectivity index (χ4v) is 4.52. The smallest absolute Gasteiger partial charge is 0.254 e. The Morgan fingerprint density at radius 3 is 2.06 bits per heavy atom. The summed E-state index contributed by atoms with van der Waals surface area (Å²) in [4.78, 5) is 22.0. The molecule has 5 rings (SSSR count). The average Bonchev–Trinajstić information content (AvgIpc) is 3.21. The van der Waals surface area contributed by atoms with E-state index in [0.29, 0.717) is 5.56 Å². The highest BCUT2D eigenvalue weighted by molar-refractivity contribution is 5.97. The molecule has 0 N–H and O–H groups in total. The Hall–Kier alpha value is -3.44. The standard InChI is InChI=1S/C26H26N4O/c1-28-19-27-23-18-22(12-13-24(23)28)26(31)30-16-14-29(15-17-30)25(20-8-4-2-5-9-20)21-10-6-3-7-11-21/h2-13,18-19,25H,14-17H2,1H3. The van der Waals surface area contributed by atoms with E-state index in [9.17, 15) is 4.79 Å². The molecule has 0 unspecified atom stereocenters. The van der Waals surface area contributed by atoms with Gasteiger partial charge >= 0.3 is 0 Å². The third-order valence-corrected chi connectivity index (χ3v) is 6.17. The van der Waals surface area contributed by atoms with E-state index in [-0.39, 0.29) is 11.9 Å². The number of amides is 1. The highest BCUT2D eigenvalue weighted by Gasteiger charge is 2.28. The summed E-state index contributed by atoms with van der Waals surface area (Å²) in [6.07, 6.45) is 1.78. The lowest BCUT2D eigenvalue weighted by molar-refractivity contribution is 0.0597. The summed E-state index contributed by atoms with van der Waals surface area (Å²) in [5.41, 5.74) is 5.18. The molecule has 5 heteroatoms. The molecule has 1 saturated heterocycles. The highest BCUT2D eigenvalue weighted by atomic mass is 16.2. The van der Waals surface area contributed by atoms with Crippen LogP contribution < -0.4 is 0 Å². The summed E-state index contributed by atoms with van der Waals surface area (Å²) < 4.78 is 1.97. The molecule has 0 radical (unpaired) electrons. The SMILES string of the molecule is Cn1cnc2cc(C(=O)N3CCN(C(c4ccccc4)c4ccccc4)CC3)ccc21. The summed E-state index contributed by atoms with van der Waals surface area (Å²) in [6, 6.07) is 27.3. The second-order valence-corrected chi connectivity index (χ2v) is 8.11. The number of carbonyl (C=O) groups is 1. The molecule has 0 saturated carbocycles. The van der Waals surface area contributed by atoms with Crippen LogP contribution in [0.2, 0.25) is 0 Å². The van der Waals surface area contributed by atoms with Crippen LogP contribution in [0.25, 0.3) is 11.0 Å². The van der Waals surface area contributed by atoms with Crippen molar-refractivity contribution in [3.63, 3.8) is 0 Å². The van der Waals surface area contributed by atoms with Crippen molar-refractivity contribution in [2.75, 3.05) is 26.2 Å². The zero-order chi connectivity index (χ0) is 21.2. The summed E-state index contributed by atoms with van der Waals surface area (Å²) >= 11 is 0. The first kappa shape index (κ1) is 19.5. The molecule has 31 heavy (non-hydrogen) atoms. The Morgan fingerprint density at radius 1 is 0.839 bits per heavy atom. The monoisotopic (exact) mass is 410 g/mol. The predicted molar refractivity (Wildman–Crippen MR) is 123 cm³/mol. The van der Waals surface area contributed by atoms with Gasteiger partial charge in [-0.05, 0) is 29.3 Å². The van der Waals surface area contributed by atoms with E-state index in [2.05, 4.69) is 70.5 Å². The van der Waals surface area contributed by atoms with Crippen LogP contribution in [0, 0.1) is 0 Å². The van der Waals surface area contributed by atoms with E-state index in [0.717, 1.165) is 37.2 Å². The van der Waals surface area contributed by atoms with E-state index >= 15 is 0 Å². The number of benzene rings is 3. The van der Waals surface area contributed by atoms with Crippen LogP contribution in [0.4, 0.5) is 0 Å². The molecule has 1 aliphatic heterocycles. The van der Waals surface area contributed by atoms with E-state index in [4.69, 9.17) is 0 Å². The average molecular weight is 411 g/mol. The first-order chi connectivity index (χ1) is 15.2. The number of imidazole rings is 1. The molecule has 4 aromatic rings. The maximum absolute atomic E-state index is 13.1.